The number of rotatable bonds is 6. The molecule has 176 valence electrons. The van der Waals surface area contributed by atoms with Gasteiger partial charge in [0.2, 0.25) is 21.8 Å². The molecule has 0 spiro atoms. The smallest absolute Gasteiger partial charge is 0.250 e. The number of nitrogens with one attached hydrogen (secondary N) is 1. The van der Waals surface area contributed by atoms with Crippen LogP contribution in [0.3, 0.4) is 0 Å². The van der Waals surface area contributed by atoms with Gasteiger partial charge in [0.25, 0.3) is 0 Å². The van der Waals surface area contributed by atoms with Crippen molar-refractivity contribution in [2.75, 3.05) is 37.0 Å². The highest BCUT2D eigenvalue weighted by atomic mass is 32.2. The summed E-state index contributed by atoms with van der Waals surface area (Å²) in [4.78, 5) is 30.0. The van der Waals surface area contributed by atoms with Gasteiger partial charge in [-0.15, -0.1) is 0 Å². The normalized spacial score (nSPS) is 19.2. The fourth-order valence-electron chi connectivity index (χ4n) is 4.53. The minimum atomic E-state index is -3.69. The minimum Gasteiger partial charge on any atom is -0.358 e. The van der Waals surface area contributed by atoms with Crippen molar-refractivity contribution in [1.82, 2.24) is 9.62 Å². The summed E-state index contributed by atoms with van der Waals surface area (Å²) in [5.41, 5.74) is 2.22. The van der Waals surface area contributed by atoms with Gasteiger partial charge >= 0.3 is 0 Å². The van der Waals surface area contributed by atoms with E-state index in [1.165, 1.54) is 25.1 Å². The highest BCUT2D eigenvalue weighted by Gasteiger charge is 2.40. The molecule has 0 bridgehead atoms. The number of nitrogens with zero attached hydrogens (tertiary/aromatic N) is 3. The number of benzene rings is 2. The molecule has 2 heterocycles. The topological polar surface area (TPSA) is 90.0 Å². The third kappa shape index (κ3) is 4.47. The van der Waals surface area contributed by atoms with Crippen LogP contribution in [0.25, 0.3) is 0 Å². The number of anilines is 2. The molecule has 0 unspecified atom stereocenters. The van der Waals surface area contributed by atoms with Gasteiger partial charge in [-0.2, -0.15) is 0 Å². The summed E-state index contributed by atoms with van der Waals surface area (Å²) in [5.74, 6) is -0.458. The molecule has 2 aromatic rings. The molecule has 0 aliphatic carbocycles. The molecule has 9 heteroatoms. The fourth-order valence-corrected chi connectivity index (χ4v) is 5.45. The van der Waals surface area contributed by atoms with Crippen LogP contribution >= 0.6 is 0 Å². The number of carbonyl (C=O) groups excluding carboxylic acids is 2. The number of hydrogen-bond donors (Lipinski definition) is 1. The van der Waals surface area contributed by atoms with Crippen LogP contribution in [0.4, 0.5) is 11.4 Å². The van der Waals surface area contributed by atoms with Gasteiger partial charge in [-0.3, -0.25) is 14.5 Å². The standard InChI is InChI=1S/C24H30N4O4S/c1-17(18-9-5-4-6-10-18)25-23(29)16-28-22-15-19(33(31,32)26(2)3)12-13-20(22)27-14-8-7-11-21(27)24(28)30/h4-6,9-10,12-13,15,17,21H,7-8,11,14,16H2,1-3H3,(H,25,29)/t17-,21-/m0/s1. The van der Waals surface area contributed by atoms with E-state index >= 15 is 0 Å². The molecule has 1 fully saturated rings. The lowest BCUT2D eigenvalue weighted by Gasteiger charge is -2.45. The van der Waals surface area contributed by atoms with Crippen molar-refractivity contribution in [2.45, 2.75) is 43.2 Å². The van der Waals surface area contributed by atoms with Crippen LogP contribution in [0.2, 0.25) is 0 Å². The Hall–Kier alpha value is -2.91. The number of piperidine rings is 1. The van der Waals surface area contributed by atoms with Gasteiger partial charge in [0.1, 0.15) is 12.6 Å². The van der Waals surface area contributed by atoms with Crippen LogP contribution in [0.1, 0.15) is 37.8 Å². The molecule has 2 amide bonds. The molecule has 2 aliphatic heterocycles. The van der Waals surface area contributed by atoms with E-state index in [9.17, 15) is 18.0 Å². The van der Waals surface area contributed by atoms with Crippen molar-refractivity contribution in [3.8, 4) is 0 Å². The first-order valence-electron chi connectivity index (χ1n) is 11.2. The quantitative estimate of drug-likeness (QED) is 0.701. The second-order valence-corrected chi connectivity index (χ2v) is 10.9. The maximum atomic E-state index is 13.5. The average Bonchev–Trinajstić information content (AvgIpc) is 2.81. The first kappa shape index (κ1) is 23.3. The zero-order chi connectivity index (χ0) is 23.8. The number of carbonyl (C=O) groups is 2. The number of amides is 2. The Bertz CT molecular complexity index is 1150. The first-order chi connectivity index (χ1) is 15.7. The van der Waals surface area contributed by atoms with Crippen molar-refractivity contribution in [3.63, 3.8) is 0 Å². The molecule has 33 heavy (non-hydrogen) atoms. The molecule has 2 aliphatic rings. The predicted octanol–water partition coefficient (Wildman–Crippen LogP) is 2.52. The maximum absolute atomic E-state index is 13.5. The van der Waals surface area contributed by atoms with Crippen LogP contribution in [-0.4, -0.2) is 57.8 Å². The van der Waals surface area contributed by atoms with E-state index in [4.69, 9.17) is 0 Å². The summed E-state index contributed by atoms with van der Waals surface area (Å²) in [5, 5.41) is 2.96. The molecule has 4 rings (SSSR count). The second-order valence-electron chi connectivity index (χ2n) is 8.77. The highest BCUT2D eigenvalue weighted by molar-refractivity contribution is 7.89. The summed E-state index contributed by atoms with van der Waals surface area (Å²) in [6, 6.07) is 13.9. The van der Waals surface area contributed by atoms with Crippen LogP contribution in [-0.2, 0) is 19.6 Å². The zero-order valence-electron chi connectivity index (χ0n) is 19.2. The SMILES string of the molecule is C[C@H](NC(=O)CN1C(=O)[C@@H]2CCCCN2c2ccc(S(=O)(=O)N(C)C)cc21)c1ccccc1. The van der Waals surface area contributed by atoms with Crippen LogP contribution in [0.5, 0.6) is 0 Å². The zero-order valence-corrected chi connectivity index (χ0v) is 20.0. The minimum absolute atomic E-state index is 0.0950. The Morgan fingerprint density at radius 2 is 1.85 bits per heavy atom. The molecular formula is C24H30N4O4S. The summed E-state index contributed by atoms with van der Waals surface area (Å²) < 4.78 is 26.6. The Morgan fingerprint density at radius 3 is 2.55 bits per heavy atom. The molecular weight excluding hydrogens is 440 g/mol. The number of fused-ring (bicyclic) bond motifs is 3. The largest absolute Gasteiger partial charge is 0.358 e. The van der Waals surface area contributed by atoms with Gasteiger partial charge in [0, 0.05) is 20.6 Å². The Morgan fingerprint density at radius 1 is 1.12 bits per heavy atom. The monoisotopic (exact) mass is 470 g/mol. The van der Waals surface area contributed by atoms with Crippen molar-refractivity contribution < 1.29 is 18.0 Å². The molecule has 0 saturated carbocycles. The molecule has 0 radical (unpaired) electrons. The fraction of sp³-hybridized carbons (Fsp3) is 0.417. The molecule has 2 atom stereocenters. The predicted molar refractivity (Wildman–Crippen MR) is 128 cm³/mol. The molecule has 1 saturated heterocycles. The average molecular weight is 471 g/mol. The van der Waals surface area contributed by atoms with Crippen molar-refractivity contribution in [2.24, 2.45) is 0 Å². The summed E-state index contributed by atoms with van der Waals surface area (Å²) in [6.07, 6.45) is 2.63. The first-order valence-corrected chi connectivity index (χ1v) is 12.6. The van der Waals surface area contributed by atoms with Crippen LogP contribution < -0.4 is 15.1 Å². The van der Waals surface area contributed by atoms with Gasteiger partial charge < -0.3 is 10.2 Å². The lowest BCUT2D eigenvalue weighted by molar-refractivity contribution is -0.125. The van der Waals surface area contributed by atoms with Gasteiger partial charge in [0.05, 0.1) is 22.3 Å². The lowest BCUT2D eigenvalue weighted by Crippen LogP contribution is -2.57. The Kier molecular flexibility index (Phi) is 6.45. The van der Waals surface area contributed by atoms with E-state index in [1.54, 1.807) is 12.1 Å². The number of sulfonamides is 1. The van der Waals surface area contributed by atoms with E-state index < -0.39 is 10.0 Å². The molecule has 2 aromatic carbocycles. The summed E-state index contributed by atoms with van der Waals surface area (Å²) >= 11 is 0. The van der Waals surface area contributed by atoms with Crippen LogP contribution in [0.15, 0.2) is 53.4 Å². The van der Waals surface area contributed by atoms with Gasteiger partial charge in [-0.1, -0.05) is 30.3 Å². The summed E-state index contributed by atoms with van der Waals surface area (Å²) in [6.45, 7) is 2.46. The van der Waals surface area contributed by atoms with E-state index in [1.807, 2.05) is 42.2 Å². The third-order valence-corrected chi connectivity index (χ3v) is 8.17. The Balaban J connectivity index is 1.67. The molecule has 0 aromatic heterocycles. The highest BCUT2D eigenvalue weighted by Crippen LogP contribution is 2.40. The number of hydrogen-bond acceptors (Lipinski definition) is 5. The molecule has 1 N–H and O–H groups in total. The van der Waals surface area contributed by atoms with Crippen LogP contribution in [0, 0.1) is 0 Å². The van der Waals surface area contributed by atoms with Crippen molar-refractivity contribution in [3.05, 3.63) is 54.1 Å². The maximum Gasteiger partial charge on any atom is 0.250 e. The van der Waals surface area contributed by atoms with Crippen molar-refractivity contribution in [1.29, 1.82) is 0 Å². The van der Waals surface area contributed by atoms with Crippen molar-refractivity contribution >= 4 is 33.2 Å². The second kappa shape index (κ2) is 9.15. The van der Waals surface area contributed by atoms with E-state index in [0.29, 0.717) is 12.1 Å². The van der Waals surface area contributed by atoms with Gasteiger partial charge in [-0.05, 0) is 49.9 Å². The Labute approximate surface area is 195 Å². The van der Waals surface area contributed by atoms with E-state index in [2.05, 4.69) is 5.32 Å². The van der Waals surface area contributed by atoms with Gasteiger partial charge in [-0.25, -0.2) is 12.7 Å². The lowest BCUT2D eigenvalue weighted by atomic mass is 9.96. The van der Waals surface area contributed by atoms with E-state index in [0.717, 1.165) is 34.9 Å². The summed E-state index contributed by atoms with van der Waals surface area (Å²) in [7, 11) is -0.750. The third-order valence-electron chi connectivity index (χ3n) is 6.36. The van der Waals surface area contributed by atoms with Gasteiger partial charge in [0.15, 0.2) is 0 Å². The van der Waals surface area contributed by atoms with E-state index in [-0.39, 0.29) is 35.3 Å². The molecule has 8 nitrogen and oxygen atoms in total.